The fourth-order valence-corrected chi connectivity index (χ4v) is 2.07. The Morgan fingerprint density at radius 2 is 2.05 bits per heavy atom. The number of amidine groups is 1. The fourth-order valence-electron chi connectivity index (χ4n) is 2.07. The minimum atomic E-state index is 0.168. The summed E-state index contributed by atoms with van der Waals surface area (Å²) in [6.07, 6.45) is 0.474. The van der Waals surface area contributed by atoms with Crippen LogP contribution in [-0.4, -0.2) is 15.6 Å². The minimum absolute atomic E-state index is 0.168. The van der Waals surface area contributed by atoms with E-state index in [1.54, 1.807) is 0 Å². The van der Waals surface area contributed by atoms with Crippen LogP contribution in [0.1, 0.15) is 23.9 Å². The topological polar surface area (TPSA) is 76.9 Å². The highest BCUT2D eigenvalue weighted by Gasteiger charge is 2.05. The average molecular weight is 272 g/mol. The molecule has 1 aromatic heterocycles. The summed E-state index contributed by atoms with van der Waals surface area (Å²) in [5.41, 5.74) is 8.46. The van der Waals surface area contributed by atoms with Crippen molar-refractivity contribution in [3.63, 3.8) is 0 Å². The van der Waals surface area contributed by atoms with E-state index in [1.807, 2.05) is 41.9 Å². The van der Waals surface area contributed by atoms with E-state index < -0.39 is 0 Å². The summed E-state index contributed by atoms with van der Waals surface area (Å²) in [6.45, 7) is 5.38. The van der Waals surface area contributed by atoms with Crippen molar-refractivity contribution in [1.82, 2.24) is 9.78 Å². The number of hydrogen-bond acceptors (Lipinski definition) is 3. The fraction of sp³-hybridized carbons (Fsp3) is 0.333. The second kappa shape index (κ2) is 6.23. The Morgan fingerprint density at radius 3 is 2.65 bits per heavy atom. The number of nitrogens with two attached hydrogens (primary N) is 1. The molecule has 0 saturated carbocycles. The molecule has 0 aliphatic carbocycles. The average Bonchev–Trinajstić information content (AvgIpc) is 2.78. The van der Waals surface area contributed by atoms with Crippen LogP contribution in [0.4, 0.5) is 0 Å². The zero-order valence-electron chi connectivity index (χ0n) is 11.9. The molecule has 1 heterocycles. The van der Waals surface area contributed by atoms with Crippen molar-refractivity contribution in [2.75, 3.05) is 0 Å². The molecule has 0 aliphatic rings. The van der Waals surface area contributed by atoms with Gasteiger partial charge in [-0.05, 0) is 37.6 Å². The van der Waals surface area contributed by atoms with E-state index in [1.165, 1.54) is 0 Å². The number of aromatic nitrogens is 2. The van der Waals surface area contributed by atoms with Gasteiger partial charge in [0, 0.05) is 13.0 Å². The molecule has 0 unspecified atom stereocenters. The van der Waals surface area contributed by atoms with E-state index in [0.29, 0.717) is 13.0 Å². The number of rotatable bonds is 6. The summed E-state index contributed by atoms with van der Waals surface area (Å²) in [5.74, 6) is 0.972. The van der Waals surface area contributed by atoms with Crippen LogP contribution in [0.25, 0.3) is 0 Å². The number of nitrogens with zero attached hydrogens (tertiary/aromatic N) is 2. The summed E-state index contributed by atoms with van der Waals surface area (Å²) in [5, 5.41) is 11.7. The number of hydrogen-bond donors (Lipinski definition) is 2. The van der Waals surface area contributed by atoms with Crippen molar-refractivity contribution in [2.45, 2.75) is 33.4 Å². The maximum atomic E-state index is 7.26. The Bertz CT molecular complexity index is 586. The maximum absolute atomic E-state index is 7.26. The molecule has 0 saturated heterocycles. The molecule has 0 radical (unpaired) electrons. The van der Waals surface area contributed by atoms with Crippen molar-refractivity contribution in [2.24, 2.45) is 5.73 Å². The third-order valence-corrected chi connectivity index (χ3v) is 2.99. The van der Waals surface area contributed by atoms with Crippen molar-refractivity contribution >= 4 is 5.84 Å². The summed E-state index contributed by atoms with van der Waals surface area (Å²) < 4.78 is 7.71. The molecule has 1 aromatic carbocycles. The van der Waals surface area contributed by atoms with Gasteiger partial charge < -0.3 is 10.5 Å². The van der Waals surface area contributed by atoms with Crippen LogP contribution in [0.15, 0.2) is 30.3 Å². The van der Waals surface area contributed by atoms with Gasteiger partial charge >= 0.3 is 0 Å². The predicted molar refractivity (Wildman–Crippen MR) is 79.0 cm³/mol. The molecular weight excluding hydrogens is 252 g/mol. The lowest BCUT2D eigenvalue weighted by Gasteiger charge is -2.08. The van der Waals surface area contributed by atoms with Crippen LogP contribution in [0.3, 0.4) is 0 Å². The Balaban J connectivity index is 1.98. The van der Waals surface area contributed by atoms with Gasteiger partial charge in [-0.25, -0.2) is 0 Å². The second-order valence-corrected chi connectivity index (χ2v) is 4.73. The molecule has 0 amide bonds. The first-order valence-electron chi connectivity index (χ1n) is 6.66. The standard InChI is InChI=1S/C15H20N4O/c1-3-19-13(8-11(2)18-19)10-20-14-6-4-12(5-7-14)9-15(16)17/h4-8H,3,9-10H2,1-2H3,(H3,16,17). The first-order valence-corrected chi connectivity index (χ1v) is 6.66. The summed E-state index contributed by atoms with van der Waals surface area (Å²) in [4.78, 5) is 0. The number of aryl methyl sites for hydroxylation is 2. The monoisotopic (exact) mass is 272 g/mol. The van der Waals surface area contributed by atoms with Crippen LogP contribution in [0.5, 0.6) is 5.75 Å². The zero-order valence-corrected chi connectivity index (χ0v) is 11.9. The molecule has 0 fully saturated rings. The highest BCUT2D eigenvalue weighted by Crippen LogP contribution is 2.15. The minimum Gasteiger partial charge on any atom is -0.487 e. The van der Waals surface area contributed by atoms with Gasteiger partial charge in [-0.15, -0.1) is 0 Å². The molecule has 0 spiro atoms. The lowest BCUT2D eigenvalue weighted by molar-refractivity contribution is 0.292. The maximum Gasteiger partial charge on any atom is 0.130 e. The Hall–Kier alpha value is -2.30. The molecule has 0 aliphatic heterocycles. The van der Waals surface area contributed by atoms with Gasteiger partial charge in [0.15, 0.2) is 0 Å². The molecule has 2 aromatic rings. The number of benzene rings is 1. The highest BCUT2D eigenvalue weighted by molar-refractivity contribution is 5.79. The Kier molecular flexibility index (Phi) is 4.40. The van der Waals surface area contributed by atoms with Crippen LogP contribution in [0, 0.1) is 12.3 Å². The van der Waals surface area contributed by atoms with Crippen LogP contribution < -0.4 is 10.5 Å². The molecule has 0 atom stereocenters. The van der Waals surface area contributed by atoms with Crippen LogP contribution in [-0.2, 0) is 19.6 Å². The number of nitrogens with one attached hydrogen (secondary N) is 1. The Morgan fingerprint density at radius 1 is 1.35 bits per heavy atom. The molecule has 0 bridgehead atoms. The third-order valence-electron chi connectivity index (χ3n) is 2.99. The molecule has 5 nitrogen and oxygen atoms in total. The van der Waals surface area contributed by atoms with E-state index >= 15 is 0 Å². The van der Waals surface area contributed by atoms with Crippen molar-refractivity contribution in [1.29, 1.82) is 5.41 Å². The SMILES string of the molecule is CCn1nc(C)cc1COc1ccc(CC(=N)N)cc1. The van der Waals surface area contributed by atoms with E-state index in [-0.39, 0.29) is 5.84 Å². The summed E-state index contributed by atoms with van der Waals surface area (Å²) >= 11 is 0. The summed E-state index contributed by atoms with van der Waals surface area (Å²) in [7, 11) is 0. The van der Waals surface area contributed by atoms with Crippen LogP contribution in [0.2, 0.25) is 0 Å². The molecular formula is C15H20N4O. The third kappa shape index (κ3) is 3.60. The molecule has 20 heavy (non-hydrogen) atoms. The van der Waals surface area contributed by atoms with E-state index in [0.717, 1.165) is 29.2 Å². The van der Waals surface area contributed by atoms with E-state index in [2.05, 4.69) is 12.0 Å². The van der Waals surface area contributed by atoms with E-state index in [4.69, 9.17) is 15.9 Å². The predicted octanol–water partition coefficient (Wildman–Crippen LogP) is 2.27. The smallest absolute Gasteiger partial charge is 0.130 e. The van der Waals surface area contributed by atoms with Gasteiger partial charge in [0.2, 0.25) is 0 Å². The molecule has 5 heteroatoms. The van der Waals surface area contributed by atoms with Gasteiger partial charge in [-0.2, -0.15) is 5.10 Å². The molecule has 3 N–H and O–H groups in total. The normalized spacial score (nSPS) is 10.5. The summed E-state index contributed by atoms with van der Waals surface area (Å²) in [6, 6.07) is 9.70. The lowest BCUT2D eigenvalue weighted by Crippen LogP contribution is -2.12. The van der Waals surface area contributed by atoms with Crippen LogP contribution >= 0.6 is 0 Å². The van der Waals surface area contributed by atoms with Crippen molar-refractivity contribution < 1.29 is 4.74 Å². The second-order valence-electron chi connectivity index (χ2n) is 4.73. The largest absolute Gasteiger partial charge is 0.487 e. The zero-order chi connectivity index (χ0) is 14.5. The lowest BCUT2D eigenvalue weighted by atomic mass is 10.1. The number of ether oxygens (including phenoxy) is 1. The molecule has 106 valence electrons. The first-order chi connectivity index (χ1) is 9.58. The van der Waals surface area contributed by atoms with Crippen molar-refractivity contribution in [3.8, 4) is 5.75 Å². The van der Waals surface area contributed by atoms with Gasteiger partial charge in [-0.1, -0.05) is 12.1 Å². The first kappa shape index (κ1) is 14.1. The quantitative estimate of drug-likeness (QED) is 0.625. The Labute approximate surface area is 118 Å². The van der Waals surface area contributed by atoms with Gasteiger partial charge in [0.05, 0.1) is 17.2 Å². The van der Waals surface area contributed by atoms with E-state index in [9.17, 15) is 0 Å². The van der Waals surface area contributed by atoms with Gasteiger partial charge in [0.25, 0.3) is 0 Å². The van der Waals surface area contributed by atoms with Crippen molar-refractivity contribution in [3.05, 3.63) is 47.3 Å². The highest BCUT2D eigenvalue weighted by atomic mass is 16.5. The van der Waals surface area contributed by atoms with Gasteiger partial charge in [-0.3, -0.25) is 10.1 Å². The molecule has 2 rings (SSSR count). The van der Waals surface area contributed by atoms with Gasteiger partial charge in [0.1, 0.15) is 12.4 Å².